The fourth-order valence-electron chi connectivity index (χ4n) is 3.05. The molecular weight excluding hydrogens is 414 g/mol. The molecule has 0 saturated heterocycles. The summed E-state index contributed by atoms with van der Waals surface area (Å²) in [5, 5.41) is 3.40. The third-order valence-electron chi connectivity index (χ3n) is 4.77. The van der Waals surface area contributed by atoms with Crippen LogP contribution in [0.25, 0.3) is 10.9 Å². The van der Waals surface area contributed by atoms with Crippen LogP contribution in [0.4, 0.5) is 5.69 Å². The van der Waals surface area contributed by atoms with E-state index in [-0.39, 0.29) is 17.2 Å². The highest BCUT2D eigenvalue weighted by Crippen LogP contribution is 2.24. The molecule has 0 aliphatic carbocycles. The Balaban J connectivity index is 1.81. The first-order valence-corrected chi connectivity index (χ1v) is 10.9. The number of anilines is 1. The number of carbonyl (C=O) groups is 2. The third-order valence-corrected chi connectivity index (χ3v) is 5.86. The monoisotopic (exact) mass is 439 g/mol. The van der Waals surface area contributed by atoms with Crippen molar-refractivity contribution >= 4 is 40.0 Å². The topological polar surface area (TPSA) is 90.3 Å². The van der Waals surface area contributed by atoms with Gasteiger partial charge >= 0.3 is 0 Å². The summed E-state index contributed by atoms with van der Waals surface area (Å²) in [6.45, 7) is 4.24. The number of aromatic nitrogens is 2. The van der Waals surface area contributed by atoms with Crippen molar-refractivity contribution in [3.63, 3.8) is 0 Å². The van der Waals surface area contributed by atoms with Crippen LogP contribution in [0.15, 0.2) is 58.5 Å². The van der Waals surface area contributed by atoms with Crippen LogP contribution in [0.3, 0.4) is 0 Å². The Bertz CT molecular complexity index is 1140. The summed E-state index contributed by atoms with van der Waals surface area (Å²) in [5.74, 6) is -0.248. The fourth-order valence-corrected chi connectivity index (χ4v) is 3.98. The number of hydrogen-bond acceptors (Lipinski definition) is 6. The van der Waals surface area contributed by atoms with Gasteiger partial charge in [-0.2, -0.15) is 0 Å². The van der Waals surface area contributed by atoms with Crippen LogP contribution in [-0.2, 0) is 16.1 Å². The molecule has 2 aromatic carbocycles. The molecule has 1 atom stereocenters. The maximum atomic E-state index is 13.0. The van der Waals surface area contributed by atoms with E-state index in [1.165, 1.54) is 18.7 Å². The maximum absolute atomic E-state index is 13.0. The van der Waals surface area contributed by atoms with Gasteiger partial charge in [-0.15, -0.1) is 0 Å². The van der Waals surface area contributed by atoms with E-state index in [0.717, 1.165) is 0 Å². The molecule has 0 aliphatic heterocycles. The van der Waals surface area contributed by atoms with Crippen molar-refractivity contribution < 1.29 is 14.3 Å². The lowest BCUT2D eigenvalue weighted by atomic mass is 10.1. The molecule has 7 nitrogen and oxygen atoms in total. The molecule has 1 N–H and O–H groups in total. The minimum absolute atomic E-state index is 0.0318. The van der Waals surface area contributed by atoms with E-state index in [2.05, 4.69) is 10.3 Å². The van der Waals surface area contributed by atoms with Gasteiger partial charge in [0, 0.05) is 31.5 Å². The standard InChI is InChI=1S/C23H25N3O4S/c1-15(27)17-9-11-18(12-10-17)24-21(28)16(2)31-23-25-20-8-5-4-7-19(20)22(29)26(23)13-6-14-30-3/h4-5,7-12,16H,6,13-14H2,1-3H3,(H,24,28). The van der Waals surface area contributed by atoms with Gasteiger partial charge in [0.05, 0.1) is 16.2 Å². The van der Waals surface area contributed by atoms with Gasteiger partial charge in [-0.05, 0) is 56.7 Å². The largest absolute Gasteiger partial charge is 0.385 e. The summed E-state index contributed by atoms with van der Waals surface area (Å²) < 4.78 is 6.72. The minimum atomic E-state index is -0.491. The van der Waals surface area contributed by atoms with Crippen molar-refractivity contribution in [1.82, 2.24) is 9.55 Å². The number of nitrogens with zero attached hydrogens (tertiary/aromatic N) is 2. The van der Waals surface area contributed by atoms with Gasteiger partial charge in [-0.3, -0.25) is 19.0 Å². The number of methoxy groups -OCH3 is 1. The summed E-state index contributed by atoms with van der Waals surface area (Å²) >= 11 is 1.24. The Kier molecular flexibility index (Phi) is 7.59. The van der Waals surface area contributed by atoms with E-state index in [4.69, 9.17) is 4.74 Å². The number of benzene rings is 2. The molecule has 0 saturated carbocycles. The quantitative estimate of drug-likeness (QED) is 0.236. The predicted octanol–water partition coefficient (Wildman–Crippen LogP) is 3.75. The van der Waals surface area contributed by atoms with E-state index in [0.29, 0.717) is 46.9 Å². The highest BCUT2D eigenvalue weighted by atomic mass is 32.2. The van der Waals surface area contributed by atoms with Gasteiger partial charge < -0.3 is 10.1 Å². The van der Waals surface area contributed by atoms with Gasteiger partial charge in [0.2, 0.25) is 5.91 Å². The van der Waals surface area contributed by atoms with Crippen molar-refractivity contribution in [2.75, 3.05) is 19.0 Å². The van der Waals surface area contributed by atoms with E-state index < -0.39 is 5.25 Å². The zero-order valence-corrected chi connectivity index (χ0v) is 18.6. The van der Waals surface area contributed by atoms with Crippen LogP contribution in [-0.4, -0.2) is 40.2 Å². The molecule has 1 heterocycles. The molecule has 3 aromatic rings. The zero-order chi connectivity index (χ0) is 22.4. The molecule has 1 amide bonds. The number of fused-ring (bicyclic) bond motifs is 1. The lowest BCUT2D eigenvalue weighted by molar-refractivity contribution is -0.115. The SMILES string of the molecule is COCCCn1c(SC(C)C(=O)Nc2ccc(C(C)=O)cc2)nc2ccccc2c1=O. The molecule has 0 fully saturated rings. The Labute approximate surface area is 184 Å². The molecule has 1 aromatic heterocycles. The lowest BCUT2D eigenvalue weighted by Gasteiger charge is -2.16. The van der Waals surface area contributed by atoms with Crippen molar-refractivity contribution in [2.24, 2.45) is 0 Å². The maximum Gasteiger partial charge on any atom is 0.262 e. The number of ether oxygens (including phenoxy) is 1. The van der Waals surface area contributed by atoms with Crippen LogP contribution in [0, 0.1) is 0 Å². The molecule has 0 aliphatic rings. The van der Waals surface area contributed by atoms with Gasteiger partial charge in [0.1, 0.15) is 0 Å². The normalized spacial score (nSPS) is 12.0. The molecule has 162 valence electrons. The first-order chi connectivity index (χ1) is 14.9. The Morgan fingerprint density at radius 2 is 1.87 bits per heavy atom. The number of amides is 1. The molecule has 1 unspecified atom stereocenters. The number of nitrogens with one attached hydrogen (secondary N) is 1. The van der Waals surface area contributed by atoms with Crippen LogP contribution >= 0.6 is 11.8 Å². The van der Waals surface area contributed by atoms with E-state index >= 15 is 0 Å². The molecule has 0 bridgehead atoms. The second-order valence-corrected chi connectivity index (χ2v) is 8.41. The predicted molar refractivity (Wildman–Crippen MR) is 123 cm³/mol. The van der Waals surface area contributed by atoms with Crippen LogP contribution < -0.4 is 10.9 Å². The van der Waals surface area contributed by atoms with Crippen molar-refractivity contribution in [1.29, 1.82) is 0 Å². The van der Waals surface area contributed by atoms with Crippen LogP contribution in [0.5, 0.6) is 0 Å². The molecule has 0 radical (unpaired) electrons. The molecule has 3 rings (SSSR count). The number of para-hydroxylation sites is 1. The van der Waals surface area contributed by atoms with Gasteiger partial charge in [-0.25, -0.2) is 4.98 Å². The Morgan fingerprint density at radius 3 is 2.55 bits per heavy atom. The highest BCUT2D eigenvalue weighted by molar-refractivity contribution is 8.00. The van der Waals surface area contributed by atoms with Gasteiger partial charge in [0.15, 0.2) is 10.9 Å². The van der Waals surface area contributed by atoms with E-state index in [9.17, 15) is 14.4 Å². The summed E-state index contributed by atoms with van der Waals surface area (Å²) in [6.07, 6.45) is 0.660. The first-order valence-electron chi connectivity index (χ1n) is 9.97. The lowest BCUT2D eigenvalue weighted by Crippen LogP contribution is -2.27. The number of thioether (sulfide) groups is 1. The Morgan fingerprint density at radius 1 is 1.16 bits per heavy atom. The van der Waals surface area contributed by atoms with E-state index in [1.807, 2.05) is 12.1 Å². The molecule has 0 spiro atoms. The Hall–Kier alpha value is -2.97. The summed E-state index contributed by atoms with van der Waals surface area (Å²) in [6, 6.07) is 13.9. The number of ketones is 1. The number of Topliss-reactive ketones (excluding diaryl/α,β-unsaturated/α-hetero) is 1. The molecule has 31 heavy (non-hydrogen) atoms. The smallest absolute Gasteiger partial charge is 0.262 e. The fraction of sp³-hybridized carbons (Fsp3) is 0.304. The second kappa shape index (κ2) is 10.4. The highest BCUT2D eigenvalue weighted by Gasteiger charge is 2.19. The van der Waals surface area contributed by atoms with Crippen LogP contribution in [0.2, 0.25) is 0 Å². The number of rotatable bonds is 9. The summed E-state index contributed by atoms with van der Waals surface area (Å²) in [5.41, 5.74) is 1.66. The average Bonchev–Trinajstić information content (AvgIpc) is 2.76. The second-order valence-electron chi connectivity index (χ2n) is 7.10. The van der Waals surface area contributed by atoms with Crippen LogP contribution in [0.1, 0.15) is 30.6 Å². The van der Waals surface area contributed by atoms with Crippen molar-refractivity contribution in [3.05, 3.63) is 64.4 Å². The van der Waals surface area contributed by atoms with Crippen molar-refractivity contribution in [2.45, 2.75) is 37.2 Å². The summed E-state index contributed by atoms with van der Waals surface area (Å²) in [4.78, 5) is 41.8. The third kappa shape index (κ3) is 5.59. The van der Waals surface area contributed by atoms with Crippen molar-refractivity contribution in [3.8, 4) is 0 Å². The molecule has 8 heteroatoms. The zero-order valence-electron chi connectivity index (χ0n) is 17.8. The van der Waals surface area contributed by atoms with Gasteiger partial charge in [-0.1, -0.05) is 23.9 Å². The van der Waals surface area contributed by atoms with Gasteiger partial charge in [0.25, 0.3) is 5.56 Å². The van der Waals surface area contributed by atoms with E-state index in [1.54, 1.807) is 55.0 Å². The number of carbonyl (C=O) groups excluding carboxylic acids is 2. The molecular formula is C23H25N3O4S. The minimum Gasteiger partial charge on any atom is -0.385 e. The summed E-state index contributed by atoms with van der Waals surface area (Å²) in [7, 11) is 1.62. The first kappa shape index (κ1) is 22.7. The number of hydrogen-bond donors (Lipinski definition) is 1. The average molecular weight is 440 g/mol.